The van der Waals surface area contributed by atoms with Crippen molar-refractivity contribution in [1.29, 1.82) is 0 Å². The van der Waals surface area contributed by atoms with Crippen LogP contribution in [-0.2, 0) is 9.53 Å². The third-order valence-electron chi connectivity index (χ3n) is 6.07. The van der Waals surface area contributed by atoms with Crippen LogP contribution >= 0.6 is 7.26 Å². The molecule has 0 aliphatic carbocycles. The number of hydrogen-bond acceptors (Lipinski definition) is 3. The first-order valence-electron chi connectivity index (χ1n) is 11.8. The third-order valence-corrected chi connectivity index (χ3v) is 10.2. The van der Waals surface area contributed by atoms with Crippen LogP contribution in [0.25, 0.3) is 0 Å². The maximum Gasteiger partial charge on any atom is 0.232 e. The number of benzene rings is 3. The van der Waals surface area contributed by atoms with Gasteiger partial charge in [0.1, 0.15) is 15.9 Å². The van der Waals surface area contributed by atoms with E-state index < -0.39 is 12.7 Å². The van der Waals surface area contributed by atoms with E-state index in [-0.39, 0.29) is 5.91 Å². The van der Waals surface area contributed by atoms with Crippen LogP contribution in [0.5, 0.6) is 0 Å². The van der Waals surface area contributed by atoms with E-state index in [1.807, 2.05) is 39.0 Å². The van der Waals surface area contributed by atoms with Gasteiger partial charge in [-0.1, -0.05) is 75.4 Å². The first-order chi connectivity index (χ1) is 16.4. The van der Waals surface area contributed by atoms with E-state index >= 15 is 0 Å². The quantitative estimate of drug-likeness (QED) is 0.544. The van der Waals surface area contributed by atoms with Crippen molar-refractivity contribution >= 4 is 29.1 Å². The zero-order chi connectivity index (χ0) is 24.0. The molecule has 1 saturated heterocycles. The highest BCUT2D eigenvalue weighted by atomic mass is 31.2. The summed E-state index contributed by atoms with van der Waals surface area (Å²) in [6.45, 7) is 8.85. The van der Waals surface area contributed by atoms with Crippen LogP contribution in [0.15, 0.2) is 103 Å². The highest BCUT2D eigenvalue weighted by Gasteiger charge is 2.51. The zero-order valence-electron chi connectivity index (χ0n) is 20.3. The minimum atomic E-state index is -2.41. The Labute approximate surface area is 204 Å². The van der Waals surface area contributed by atoms with Crippen molar-refractivity contribution < 1.29 is 9.53 Å². The molecule has 4 rings (SSSR count). The van der Waals surface area contributed by atoms with Crippen LogP contribution in [0.1, 0.15) is 20.8 Å². The van der Waals surface area contributed by atoms with Gasteiger partial charge in [0.15, 0.2) is 12.7 Å². The Morgan fingerprint density at radius 1 is 0.794 bits per heavy atom. The number of rotatable bonds is 6. The first kappa shape index (κ1) is 24.2. The monoisotopic (exact) mass is 473 g/mol. The van der Waals surface area contributed by atoms with E-state index in [1.54, 1.807) is 0 Å². The van der Waals surface area contributed by atoms with Gasteiger partial charge in [-0.2, -0.15) is 0 Å². The molecule has 1 aliphatic rings. The second-order valence-corrected chi connectivity index (χ2v) is 12.9. The molecule has 1 amide bonds. The molecule has 1 aliphatic heterocycles. The summed E-state index contributed by atoms with van der Waals surface area (Å²) in [4.78, 5) is 15.8. The molecule has 1 fully saturated rings. The van der Waals surface area contributed by atoms with Crippen LogP contribution in [0, 0.1) is 5.41 Å². The lowest BCUT2D eigenvalue weighted by Crippen LogP contribution is -2.43. The van der Waals surface area contributed by atoms with Crippen LogP contribution in [0.3, 0.4) is 0 Å². The van der Waals surface area contributed by atoms with Crippen molar-refractivity contribution in [1.82, 2.24) is 10.2 Å². The Morgan fingerprint density at radius 3 is 1.59 bits per heavy atom. The highest BCUT2D eigenvalue weighted by Crippen LogP contribution is 2.61. The number of amides is 1. The fourth-order valence-electron chi connectivity index (χ4n) is 4.21. The van der Waals surface area contributed by atoms with E-state index in [2.05, 4.69) is 89.2 Å². The van der Waals surface area contributed by atoms with Crippen molar-refractivity contribution in [2.45, 2.75) is 20.8 Å². The van der Waals surface area contributed by atoms with Gasteiger partial charge in [-0.25, -0.2) is 0 Å². The maximum atomic E-state index is 13.5. The predicted molar refractivity (Wildman–Crippen MR) is 143 cm³/mol. The lowest BCUT2D eigenvalue weighted by Gasteiger charge is -2.33. The normalized spacial score (nSPS) is 15.1. The van der Waals surface area contributed by atoms with Gasteiger partial charge in [-0.05, 0) is 36.4 Å². The van der Waals surface area contributed by atoms with Gasteiger partial charge in [-0.3, -0.25) is 10.1 Å². The lowest BCUT2D eigenvalue weighted by molar-refractivity contribution is -0.127. The van der Waals surface area contributed by atoms with Gasteiger partial charge >= 0.3 is 0 Å². The molecule has 0 bridgehead atoms. The minimum Gasteiger partial charge on any atom is -0.378 e. The fraction of sp³-hybridized carbons (Fsp3) is 0.276. The molecule has 1 N–H and O–H groups in total. The number of nitrogens with zero attached hydrogens (tertiary/aromatic N) is 1. The highest BCUT2D eigenvalue weighted by molar-refractivity contribution is 7.99. The summed E-state index contributed by atoms with van der Waals surface area (Å²) in [5.74, 6) is 0.0131. The van der Waals surface area contributed by atoms with Crippen LogP contribution in [-0.4, -0.2) is 37.1 Å². The summed E-state index contributed by atoms with van der Waals surface area (Å²) in [5.41, 5.74) is 0.432. The molecule has 1 heterocycles. The van der Waals surface area contributed by atoms with Crippen LogP contribution in [0.4, 0.5) is 0 Å². The third kappa shape index (κ3) is 5.09. The molecule has 0 atom stereocenters. The predicted octanol–water partition coefficient (Wildman–Crippen LogP) is 4.27. The Morgan fingerprint density at radius 2 is 1.21 bits per heavy atom. The topological polar surface area (TPSA) is 41.6 Å². The molecule has 0 saturated carbocycles. The molecule has 5 heteroatoms. The van der Waals surface area contributed by atoms with Gasteiger partial charge in [-0.15, -0.1) is 0 Å². The second-order valence-electron chi connectivity index (χ2n) is 9.54. The lowest BCUT2D eigenvalue weighted by atomic mass is 9.96. The van der Waals surface area contributed by atoms with E-state index in [0.29, 0.717) is 13.2 Å². The van der Waals surface area contributed by atoms with E-state index in [4.69, 9.17) is 4.74 Å². The molecule has 0 unspecified atom stereocenters. The molecular weight excluding hydrogens is 439 g/mol. The van der Waals surface area contributed by atoms with Gasteiger partial charge < -0.3 is 9.64 Å². The number of carbonyl (C=O) groups is 1. The van der Waals surface area contributed by atoms with Gasteiger partial charge in [0.05, 0.1) is 19.4 Å². The van der Waals surface area contributed by atoms with Crippen molar-refractivity contribution in [3.63, 3.8) is 0 Å². The average Bonchev–Trinajstić information content (AvgIpc) is 2.86. The Balaban J connectivity index is 2.03. The minimum absolute atomic E-state index is 0.0131. The molecule has 0 spiro atoms. The number of ether oxygens (including phenoxy) is 1. The Hall–Kier alpha value is -2.94. The van der Waals surface area contributed by atoms with Crippen molar-refractivity contribution in [2.75, 3.05) is 26.3 Å². The Kier molecular flexibility index (Phi) is 7.50. The molecule has 4 nitrogen and oxygen atoms in total. The number of carbonyl (C=O) groups excluding carboxylic acids is 1. The molecule has 3 aromatic rings. The number of nitrogens with one attached hydrogen (secondary N) is 1. The van der Waals surface area contributed by atoms with Gasteiger partial charge in [0.25, 0.3) is 0 Å². The smallest absolute Gasteiger partial charge is 0.232 e. The van der Waals surface area contributed by atoms with Crippen molar-refractivity contribution in [2.24, 2.45) is 5.41 Å². The second kappa shape index (κ2) is 10.5. The summed E-state index contributed by atoms with van der Waals surface area (Å²) in [6, 6.07) is 31.9. The van der Waals surface area contributed by atoms with E-state index in [0.717, 1.165) is 18.5 Å². The molecule has 0 radical (unpaired) electrons. The average molecular weight is 474 g/mol. The zero-order valence-corrected chi connectivity index (χ0v) is 21.2. The van der Waals surface area contributed by atoms with E-state index in [9.17, 15) is 4.79 Å². The summed E-state index contributed by atoms with van der Waals surface area (Å²) < 4.78 is 5.61. The molecule has 34 heavy (non-hydrogen) atoms. The first-order valence-corrected chi connectivity index (χ1v) is 13.6. The summed E-state index contributed by atoms with van der Waals surface area (Å²) in [7, 11) is -2.41. The standard InChI is InChI=1S/C29H33N2O2P/c1-29(2,3)28(32)30-27(23-31-19-21-33-22-20-31)34(24-13-7-4-8-14-24,25-15-9-5-10-16-25)26-17-11-6-12-18-26/h4-18,23H,19-22H2,1-3H3/p+1. The fourth-order valence-corrected chi connectivity index (χ4v) is 8.40. The Bertz CT molecular complexity index is 1010. The van der Waals surface area contributed by atoms with Crippen LogP contribution in [0.2, 0.25) is 0 Å². The van der Waals surface area contributed by atoms with E-state index in [1.165, 1.54) is 15.9 Å². The van der Waals surface area contributed by atoms with Crippen molar-refractivity contribution in [3.8, 4) is 0 Å². The van der Waals surface area contributed by atoms with Gasteiger partial charge in [0, 0.05) is 18.5 Å². The van der Waals surface area contributed by atoms with Gasteiger partial charge in [0.2, 0.25) is 5.91 Å². The summed E-state index contributed by atoms with van der Waals surface area (Å²) in [6.07, 6.45) is 2.19. The van der Waals surface area contributed by atoms with Crippen LogP contribution < -0.4 is 21.2 Å². The number of morpholine rings is 1. The summed E-state index contributed by atoms with van der Waals surface area (Å²) in [5, 5.41) is 7.06. The summed E-state index contributed by atoms with van der Waals surface area (Å²) >= 11 is 0. The SMILES string of the molecule is CC(C)(C)C(=O)NC(=CN1CCOCC1)[P+](c1ccccc1)(c1ccccc1)c1ccccc1. The number of hydrogen-bond donors (Lipinski definition) is 1. The largest absolute Gasteiger partial charge is 0.378 e. The maximum absolute atomic E-state index is 13.5. The molecule has 3 aromatic carbocycles. The molecule has 0 aromatic heterocycles. The molecule has 176 valence electrons. The molecular formula is C29H34N2O2P+. The van der Waals surface area contributed by atoms with Crippen molar-refractivity contribution in [3.05, 3.63) is 103 Å².